The summed E-state index contributed by atoms with van der Waals surface area (Å²) < 4.78 is 32.8. The number of fused-ring (bicyclic) bond motifs is 1. The van der Waals surface area contributed by atoms with E-state index < -0.39 is 23.3 Å². The molecule has 7 heteroatoms. The third-order valence-electron chi connectivity index (χ3n) is 3.71. The first-order valence-corrected chi connectivity index (χ1v) is 7.16. The Balaban J connectivity index is 1.96. The van der Waals surface area contributed by atoms with E-state index in [9.17, 15) is 18.7 Å². The normalized spacial score (nSPS) is 12.3. The molecule has 1 aromatic heterocycles. The molecule has 0 fully saturated rings. The van der Waals surface area contributed by atoms with E-state index in [0.29, 0.717) is 11.3 Å². The van der Waals surface area contributed by atoms with Gasteiger partial charge in [0.05, 0.1) is 37.0 Å². The molecule has 1 atom stereocenters. The second-order valence-corrected chi connectivity index (χ2v) is 5.28. The van der Waals surface area contributed by atoms with E-state index in [2.05, 4.69) is 4.98 Å². The standard InChI is InChI=1S/C17H14F2N2O3/c1-24-11-4-2-3-10(5-11)16(22)8-21-9-20-15-7-14(19)13(18)6-12(15)17(21)23/h2-7,9,16,22H,8H2,1H3. The number of ether oxygens (including phenoxy) is 1. The van der Waals surface area contributed by atoms with Gasteiger partial charge >= 0.3 is 0 Å². The van der Waals surface area contributed by atoms with E-state index in [0.717, 1.165) is 16.7 Å². The van der Waals surface area contributed by atoms with Crippen molar-refractivity contribution in [3.05, 3.63) is 70.3 Å². The van der Waals surface area contributed by atoms with E-state index >= 15 is 0 Å². The molecule has 0 saturated carbocycles. The fourth-order valence-electron chi connectivity index (χ4n) is 2.42. The number of benzene rings is 2. The molecule has 24 heavy (non-hydrogen) atoms. The summed E-state index contributed by atoms with van der Waals surface area (Å²) in [6.45, 7) is -0.0755. The van der Waals surface area contributed by atoms with E-state index in [-0.39, 0.29) is 17.4 Å². The largest absolute Gasteiger partial charge is 0.497 e. The molecule has 3 rings (SSSR count). The minimum Gasteiger partial charge on any atom is -0.497 e. The van der Waals surface area contributed by atoms with Crippen LogP contribution in [0, 0.1) is 11.6 Å². The molecule has 3 aromatic rings. The summed E-state index contributed by atoms with van der Waals surface area (Å²) in [4.78, 5) is 16.3. The van der Waals surface area contributed by atoms with Gasteiger partial charge < -0.3 is 9.84 Å². The van der Waals surface area contributed by atoms with E-state index in [1.165, 1.54) is 13.4 Å². The predicted octanol–water partition coefficient (Wildman–Crippen LogP) is 2.42. The summed E-state index contributed by atoms with van der Waals surface area (Å²) in [7, 11) is 1.51. The first-order valence-electron chi connectivity index (χ1n) is 7.16. The van der Waals surface area contributed by atoms with Crippen molar-refractivity contribution in [3.8, 4) is 5.75 Å². The van der Waals surface area contributed by atoms with Crippen molar-refractivity contribution in [1.82, 2.24) is 9.55 Å². The smallest absolute Gasteiger partial charge is 0.261 e. The van der Waals surface area contributed by atoms with Gasteiger partial charge in [-0.05, 0) is 23.8 Å². The van der Waals surface area contributed by atoms with Crippen LogP contribution in [0.1, 0.15) is 11.7 Å². The van der Waals surface area contributed by atoms with Gasteiger partial charge in [0, 0.05) is 6.07 Å². The zero-order valence-corrected chi connectivity index (χ0v) is 12.7. The Bertz CT molecular complexity index is 956. The van der Waals surface area contributed by atoms with Crippen LogP contribution >= 0.6 is 0 Å². The number of methoxy groups -OCH3 is 1. The lowest BCUT2D eigenvalue weighted by atomic mass is 10.1. The molecule has 0 aliphatic carbocycles. The molecule has 124 valence electrons. The number of nitrogens with zero attached hydrogens (tertiary/aromatic N) is 2. The second-order valence-electron chi connectivity index (χ2n) is 5.28. The average Bonchev–Trinajstić information content (AvgIpc) is 2.59. The third kappa shape index (κ3) is 2.98. The fourth-order valence-corrected chi connectivity index (χ4v) is 2.42. The summed E-state index contributed by atoms with van der Waals surface area (Å²) in [5.74, 6) is -1.61. The van der Waals surface area contributed by atoms with Crippen LogP contribution in [0.25, 0.3) is 10.9 Å². The molecule has 0 amide bonds. The second kappa shape index (κ2) is 6.37. The van der Waals surface area contributed by atoms with Crippen molar-refractivity contribution in [3.63, 3.8) is 0 Å². The Hall–Kier alpha value is -2.80. The lowest BCUT2D eigenvalue weighted by Gasteiger charge is -2.14. The number of halogens is 2. The van der Waals surface area contributed by atoms with Crippen LogP contribution in [0.5, 0.6) is 5.75 Å². The van der Waals surface area contributed by atoms with Gasteiger partial charge in [0.2, 0.25) is 0 Å². The van der Waals surface area contributed by atoms with Crippen LogP contribution in [0.15, 0.2) is 47.5 Å². The highest BCUT2D eigenvalue weighted by Crippen LogP contribution is 2.20. The molecule has 5 nitrogen and oxygen atoms in total. The van der Waals surface area contributed by atoms with Crippen LogP contribution in [0.4, 0.5) is 8.78 Å². The molecule has 0 spiro atoms. The topological polar surface area (TPSA) is 64.3 Å². The van der Waals surface area contributed by atoms with Crippen molar-refractivity contribution in [2.24, 2.45) is 0 Å². The van der Waals surface area contributed by atoms with Crippen molar-refractivity contribution < 1.29 is 18.6 Å². The summed E-state index contributed by atoms with van der Waals surface area (Å²) in [6, 6.07) is 8.48. The Morgan fingerprint density at radius 2 is 2.00 bits per heavy atom. The van der Waals surface area contributed by atoms with Crippen molar-refractivity contribution in [2.45, 2.75) is 12.6 Å². The maximum atomic E-state index is 13.4. The van der Waals surface area contributed by atoms with Gasteiger partial charge in [-0.3, -0.25) is 9.36 Å². The highest BCUT2D eigenvalue weighted by molar-refractivity contribution is 5.77. The number of hydrogen-bond acceptors (Lipinski definition) is 4. The molecular weight excluding hydrogens is 318 g/mol. The molecule has 1 N–H and O–H groups in total. The number of rotatable bonds is 4. The zero-order chi connectivity index (χ0) is 17.3. The summed E-state index contributed by atoms with van der Waals surface area (Å²) >= 11 is 0. The Morgan fingerprint density at radius 3 is 2.75 bits per heavy atom. The van der Waals surface area contributed by atoms with Crippen LogP contribution in [-0.4, -0.2) is 21.8 Å². The van der Waals surface area contributed by atoms with Gasteiger partial charge in [-0.25, -0.2) is 13.8 Å². The lowest BCUT2D eigenvalue weighted by Crippen LogP contribution is -2.24. The molecule has 2 aromatic carbocycles. The van der Waals surface area contributed by atoms with Crippen LogP contribution in [0.3, 0.4) is 0 Å². The monoisotopic (exact) mass is 332 g/mol. The van der Waals surface area contributed by atoms with Gasteiger partial charge in [-0.15, -0.1) is 0 Å². The van der Waals surface area contributed by atoms with Crippen LogP contribution in [-0.2, 0) is 6.54 Å². The Labute approximate surface area is 135 Å². The van der Waals surface area contributed by atoms with Gasteiger partial charge in [-0.1, -0.05) is 12.1 Å². The SMILES string of the molecule is COc1cccc(C(O)Cn2cnc3cc(F)c(F)cc3c2=O)c1. The first kappa shape index (κ1) is 16.1. The maximum Gasteiger partial charge on any atom is 0.261 e. The Kier molecular flexibility index (Phi) is 4.26. The van der Waals surface area contributed by atoms with Crippen molar-refractivity contribution in [2.75, 3.05) is 7.11 Å². The predicted molar refractivity (Wildman–Crippen MR) is 83.9 cm³/mol. The Morgan fingerprint density at radius 1 is 1.25 bits per heavy atom. The minimum atomic E-state index is -1.12. The molecule has 0 radical (unpaired) electrons. The summed E-state index contributed by atoms with van der Waals surface area (Å²) in [6.07, 6.45) is 0.216. The van der Waals surface area contributed by atoms with Crippen molar-refractivity contribution in [1.29, 1.82) is 0 Å². The first-order chi connectivity index (χ1) is 11.5. The minimum absolute atomic E-state index is 0.0470. The lowest BCUT2D eigenvalue weighted by molar-refractivity contribution is 0.154. The van der Waals surface area contributed by atoms with E-state index in [1.807, 2.05) is 0 Å². The van der Waals surface area contributed by atoms with Gasteiger partial charge in [-0.2, -0.15) is 0 Å². The quantitative estimate of drug-likeness (QED) is 0.797. The van der Waals surface area contributed by atoms with Crippen LogP contribution < -0.4 is 10.3 Å². The molecule has 0 bridgehead atoms. The molecule has 0 saturated heterocycles. The number of aliphatic hydroxyl groups excluding tert-OH is 1. The van der Waals surface area contributed by atoms with Gasteiger partial charge in [0.15, 0.2) is 11.6 Å². The van der Waals surface area contributed by atoms with Gasteiger partial charge in [0.25, 0.3) is 5.56 Å². The molecule has 1 heterocycles. The third-order valence-corrected chi connectivity index (χ3v) is 3.71. The van der Waals surface area contributed by atoms with Gasteiger partial charge in [0.1, 0.15) is 5.75 Å². The number of hydrogen-bond donors (Lipinski definition) is 1. The molecule has 0 aliphatic heterocycles. The highest BCUT2D eigenvalue weighted by atomic mass is 19.2. The van der Waals surface area contributed by atoms with E-state index in [1.54, 1.807) is 24.3 Å². The average molecular weight is 332 g/mol. The summed E-state index contributed by atoms with van der Waals surface area (Å²) in [5.41, 5.74) is 0.0681. The number of aliphatic hydroxyl groups is 1. The summed E-state index contributed by atoms with van der Waals surface area (Å²) in [5, 5.41) is 10.3. The van der Waals surface area contributed by atoms with Crippen LogP contribution in [0.2, 0.25) is 0 Å². The molecule has 1 unspecified atom stereocenters. The molecule has 0 aliphatic rings. The van der Waals surface area contributed by atoms with E-state index in [4.69, 9.17) is 4.74 Å². The number of aromatic nitrogens is 2. The fraction of sp³-hybridized carbons (Fsp3) is 0.176. The zero-order valence-electron chi connectivity index (χ0n) is 12.7. The maximum absolute atomic E-state index is 13.4. The van der Waals surface area contributed by atoms with Crippen molar-refractivity contribution >= 4 is 10.9 Å². The highest BCUT2D eigenvalue weighted by Gasteiger charge is 2.14. The molecular formula is C17H14F2N2O3.